The summed E-state index contributed by atoms with van der Waals surface area (Å²) in [6.45, 7) is 1.89. The summed E-state index contributed by atoms with van der Waals surface area (Å²) in [5.74, 6) is 0. The first-order valence-electron chi connectivity index (χ1n) is 3.51. The van der Waals surface area contributed by atoms with Crippen LogP contribution in [0, 0.1) is 6.92 Å². The topological polar surface area (TPSA) is 38.7 Å². The third-order valence-corrected chi connectivity index (χ3v) is 1.97. The average Bonchev–Trinajstić information content (AvgIpc) is 2.07. The number of aromatic nitrogens is 3. The zero-order chi connectivity index (χ0) is 8.55. The van der Waals surface area contributed by atoms with Crippen LogP contribution < -0.4 is 0 Å². The molecular formula is C8H6ClN3. The maximum Gasteiger partial charge on any atom is 0.179 e. The van der Waals surface area contributed by atoms with E-state index >= 15 is 0 Å². The van der Waals surface area contributed by atoms with Crippen LogP contribution in [-0.4, -0.2) is 15.0 Å². The first kappa shape index (κ1) is 7.43. The van der Waals surface area contributed by atoms with Crippen LogP contribution in [0.1, 0.15) is 5.56 Å². The number of fused-ring (bicyclic) bond motifs is 1. The van der Waals surface area contributed by atoms with Crippen molar-refractivity contribution in [3.8, 4) is 0 Å². The Kier molecular flexibility index (Phi) is 1.66. The largest absolute Gasteiger partial charge is 0.251 e. The lowest BCUT2D eigenvalue weighted by molar-refractivity contribution is 1.20. The molecule has 2 rings (SSSR count). The van der Waals surface area contributed by atoms with E-state index in [2.05, 4.69) is 15.0 Å². The summed E-state index contributed by atoms with van der Waals surface area (Å²) in [6, 6.07) is 1.87. The molecule has 0 spiro atoms. The zero-order valence-electron chi connectivity index (χ0n) is 6.45. The molecule has 0 bridgehead atoms. The molecule has 60 valence electrons. The molecule has 0 fully saturated rings. The summed E-state index contributed by atoms with van der Waals surface area (Å²) in [6.07, 6.45) is 3.23. The van der Waals surface area contributed by atoms with E-state index in [9.17, 15) is 0 Å². The summed E-state index contributed by atoms with van der Waals surface area (Å²) in [7, 11) is 0. The fourth-order valence-corrected chi connectivity index (χ4v) is 1.11. The number of halogens is 1. The Bertz CT molecular complexity index is 387. The molecule has 0 amide bonds. The number of aryl methyl sites for hydroxylation is 1. The van der Waals surface area contributed by atoms with Crippen molar-refractivity contribution in [2.75, 3.05) is 0 Å². The highest BCUT2D eigenvalue weighted by atomic mass is 35.5. The van der Waals surface area contributed by atoms with Crippen LogP contribution >= 0.6 is 11.6 Å². The monoisotopic (exact) mass is 179 g/mol. The molecule has 3 nitrogen and oxygen atoms in total. The molecule has 2 heterocycles. The Morgan fingerprint density at radius 3 is 2.83 bits per heavy atom. The summed E-state index contributed by atoms with van der Waals surface area (Å²) in [5.41, 5.74) is 2.29. The van der Waals surface area contributed by atoms with Crippen molar-refractivity contribution < 1.29 is 0 Å². The maximum absolute atomic E-state index is 5.81. The molecular weight excluding hydrogens is 174 g/mol. The van der Waals surface area contributed by atoms with Gasteiger partial charge in [-0.05, 0) is 18.6 Å². The highest BCUT2D eigenvalue weighted by Crippen LogP contribution is 2.15. The maximum atomic E-state index is 5.81. The normalized spacial score (nSPS) is 10.5. The molecule has 0 aliphatic heterocycles. The SMILES string of the molecule is Cc1cc2nccnc2nc1Cl. The van der Waals surface area contributed by atoms with Gasteiger partial charge in [0.15, 0.2) is 5.65 Å². The van der Waals surface area contributed by atoms with Crippen molar-refractivity contribution in [3.05, 3.63) is 29.2 Å². The van der Waals surface area contributed by atoms with E-state index in [0.29, 0.717) is 10.8 Å². The number of pyridine rings is 1. The van der Waals surface area contributed by atoms with E-state index < -0.39 is 0 Å². The van der Waals surface area contributed by atoms with Gasteiger partial charge in [0.05, 0.1) is 0 Å². The molecule has 0 aromatic carbocycles. The van der Waals surface area contributed by atoms with Gasteiger partial charge in [0.1, 0.15) is 10.7 Å². The van der Waals surface area contributed by atoms with Crippen molar-refractivity contribution in [3.63, 3.8) is 0 Å². The fourth-order valence-electron chi connectivity index (χ4n) is 0.975. The number of nitrogens with zero attached hydrogens (tertiary/aromatic N) is 3. The summed E-state index contributed by atoms with van der Waals surface area (Å²) < 4.78 is 0. The van der Waals surface area contributed by atoms with Crippen LogP contribution in [-0.2, 0) is 0 Å². The van der Waals surface area contributed by atoms with E-state index in [1.165, 1.54) is 0 Å². The van der Waals surface area contributed by atoms with Gasteiger partial charge in [0, 0.05) is 12.4 Å². The van der Waals surface area contributed by atoms with Crippen LogP contribution in [0.25, 0.3) is 11.2 Å². The van der Waals surface area contributed by atoms with Crippen molar-refractivity contribution in [1.82, 2.24) is 15.0 Å². The van der Waals surface area contributed by atoms with E-state index in [1.807, 2.05) is 13.0 Å². The van der Waals surface area contributed by atoms with Gasteiger partial charge in [-0.2, -0.15) is 0 Å². The van der Waals surface area contributed by atoms with Crippen LogP contribution in [0.2, 0.25) is 5.15 Å². The second-order valence-corrected chi connectivity index (χ2v) is 2.85. The van der Waals surface area contributed by atoms with Gasteiger partial charge in [-0.25, -0.2) is 9.97 Å². The third-order valence-electron chi connectivity index (χ3n) is 1.59. The number of rotatable bonds is 0. The Morgan fingerprint density at radius 1 is 1.25 bits per heavy atom. The van der Waals surface area contributed by atoms with Gasteiger partial charge >= 0.3 is 0 Å². The van der Waals surface area contributed by atoms with Crippen molar-refractivity contribution >= 4 is 22.8 Å². The van der Waals surface area contributed by atoms with Crippen molar-refractivity contribution in [2.45, 2.75) is 6.92 Å². The molecule has 0 saturated heterocycles. The minimum absolute atomic E-state index is 0.489. The van der Waals surface area contributed by atoms with Gasteiger partial charge in [-0.1, -0.05) is 11.6 Å². The molecule has 4 heteroatoms. The smallest absolute Gasteiger partial charge is 0.179 e. The van der Waals surface area contributed by atoms with Crippen molar-refractivity contribution in [2.24, 2.45) is 0 Å². The van der Waals surface area contributed by atoms with Gasteiger partial charge in [0.25, 0.3) is 0 Å². The average molecular weight is 180 g/mol. The summed E-state index contributed by atoms with van der Waals surface area (Å²) >= 11 is 5.81. The molecule has 0 atom stereocenters. The van der Waals surface area contributed by atoms with Crippen LogP contribution in [0.5, 0.6) is 0 Å². The Morgan fingerprint density at radius 2 is 2.00 bits per heavy atom. The quantitative estimate of drug-likeness (QED) is 0.581. The predicted octanol–water partition coefficient (Wildman–Crippen LogP) is 1.99. The lowest BCUT2D eigenvalue weighted by atomic mass is 10.3. The van der Waals surface area contributed by atoms with Gasteiger partial charge in [-0.15, -0.1) is 0 Å². The highest BCUT2D eigenvalue weighted by molar-refractivity contribution is 6.30. The lowest BCUT2D eigenvalue weighted by Gasteiger charge is -1.98. The minimum Gasteiger partial charge on any atom is -0.251 e. The molecule has 0 aliphatic carbocycles. The van der Waals surface area contributed by atoms with E-state index in [0.717, 1.165) is 11.1 Å². The van der Waals surface area contributed by atoms with E-state index in [-0.39, 0.29) is 0 Å². The molecule has 0 radical (unpaired) electrons. The first-order chi connectivity index (χ1) is 5.77. The van der Waals surface area contributed by atoms with Crippen LogP contribution in [0.4, 0.5) is 0 Å². The summed E-state index contributed by atoms with van der Waals surface area (Å²) in [4.78, 5) is 12.2. The lowest BCUT2D eigenvalue weighted by Crippen LogP contribution is -1.88. The molecule has 12 heavy (non-hydrogen) atoms. The predicted molar refractivity (Wildman–Crippen MR) is 47.1 cm³/mol. The van der Waals surface area contributed by atoms with Gasteiger partial charge in [0.2, 0.25) is 0 Å². The van der Waals surface area contributed by atoms with E-state index in [1.54, 1.807) is 12.4 Å². The molecule has 0 aliphatic rings. The van der Waals surface area contributed by atoms with E-state index in [4.69, 9.17) is 11.6 Å². The second-order valence-electron chi connectivity index (χ2n) is 2.50. The number of hydrogen-bond acceptors (Lipinski definition) is 3. The number of hydrogen-bond donors (Lipinski definition) is 0. The highest BCUT2D eigenvalue weighted by Gasteiger charge is 2.00. The zero-order valence-corrected chi connectivity index (χ0v) is 7.21. The molecule has 0 unspecified atom stereocenters. The van der Waals surface area contributed by atoms with Gasteiger partial charge in [-0.3, -0.25) is 4.98 Å². The first-order valence-corrected chi connectivity index (χ1v) is 3.89. The molecule has 2 aromatic heterocycles. The Balaban J connectivity index is 2.84. The molecule has 0 saturated carbocycles. The minimum atomic E-state index is 0.489. The Labute approximate surface area is 74.4 Å². The van der Waals surface area contributed by atoms with Gasteiger partial charge < -0.3 is 0 Å². The standard InChI is InChI=1S/C8H6ClN3/c1-5-4-6-8(12-7(5)9)11-3-2-10-6/h2-4H,1H3. The third kappa shape index (κ3) is 1.12. The molecule has 2 aromatic rings. The fraction of sp³-hybridized carbons (Fsp3) is 0.125. The van der Waals surface area contributed by atoms with Crippen LogP contribution in [0.15, 0.2) is 18.5 Å². The summed E-state index contributed by atoms with van der Waals surface area (Å²) in [5, 5.41) is 0.489. The second kappa shape index (κ2) is 2.68. The Hall–Kier alpha value is -1.22. The van der Waals surface area contributed by atoms with Crippen LogP contribution in [0.3, 0.4) is 0 Å². The van der Waals surface area contributed by atoms with Crippen molar-refractivity contribution in [1.29, 1.82) is 0 Å². The molecule has 0 N–H and O–H groups in total.